The van der Waals surface area contributed by atoms with Crippen LogP contribution in [0, 0.1) is 0 Å². The lowest BCUT2D eigenvalue weighted by atomic mass is 10.0. The number of carbonyl (C=O) groups is 1. The van der Waals surface area contributed by atoms with Gasteiger partial charge in [0.1, 0.15) is 0 Å². The van der Waals surface area contributed by atoms with Crippen LogP contribution in [-0.4, -0.2) is 15.5 Å². The maximum Gasteiger partial charge on any atom is 0.250 e. The summed E-state index contributed by atoms with van der Waals surface area (Å²) in [5.74, 6) is 0.863. The van der Waals surface area contributed by atoms with Gasteiger partial charge in [-0.2, -0.15) is 0 Å². The minimum absolute atomic E-state index is 0.188. The fourth-order valence-electron chi connectivity index (χ4n) is 1.80. The summed E-state index contributed by atoms with van der Waals surface area (Å²) < 4.78 is 1.75. The Bertz CT molecular complexity index is 609. The number of carbonyl (C=O) groups excluding carboxylic acids is 1. The lowest BCUT2D eigenvalue weighted by molar-refractivity contribution is -0.111. The van der Waals surface area contributed by atoms with Crippen molar-refractivity contribution in [3.63, 3.8) is 0 Å². The first kappa shape index (κ1) is 14.1. The maximum atomic E-state index is 11.8. The minimum atomic E-state index is -0.188. The lowest BCUT2D eigenvalue weighted by Gasteiger charge is -2.04. The van der Waals surface area contributed by atoms with E-state index in [1.165, 1.54) is 11.6 Å². The summed E-state index contributed by atoms with van der Waals surface area (Å²) in [6, 6.07) is 8.20. The fraction of sp³-hybridized carbons (Fsp3) is 0.250. The van der Waals surface area contributed by atoms with Crippen LogP contribution < -0.4 is 5.32 Å². The summed E-state index contributed by atoms with van der Waals surface area (Å²) in [5, 5.41) is 2.72. The molecular weight excluding hydrogens is 250 g/mol. The summed E-state index contributed by atoms with van der Waals surface area (Å²) in [5.41, 5.74) is 2.30. The fourth-order valence-corrected chi connectivity index (χ4v) is 1.80. The van der Waals surface area contributed by atoms with Gasteiger partial charge < -0.3 is 4.57 Å². The largest absolute Gasteiger partial charge is 0.320 e. The van der Waals surface area contributed by atoms with Crippen molar-refractivity contribution in [3.05, 3.63) is 53.9 Å². The maximum absolute atomic E-state index is 11.8. The van der Waals surface area contributed by atoms with Crippen molar-refractivity contribution in [1.82, 2.24) is 9.55 Å². The van der Waals surface area contributed by atoms with Gasteiger partial charge in [-0.05, 0) is 23.1 Å². The molecule has 104 valence electrons. The second kappa shape index (κ2) is 6.19. The molecule has 0 spiro atoms. The van der Waals surface area contributed by atoms with E-state index < -0.39 is 0 Å². The predicted molar refractivity (Wildman–Crippen MR) is 81.4 cm³/mol. The molecule has 2 aromatic rings. The summed E-state index contributed by atoms with van der Waals surface area (Å²) in [7, 11) is 1.83. The SMILES string of the molecule is CC(C)c1ccc(/C=C/C(=O)Nc2nccn2C)cc1. The summed E-state index contributed by atoms with van der Waals surface area (Å²) >= 11 is 0. The van der Waals surface area contributed by atoms with Gasteiger partial charge in [-0.15, -0.1) is 0 Å². The van der Waals surface area contributed by atoms with Gasteiger partial charge in [-0.25, -0.2) is 4.98 Å². The Kier molecular flexibility index (Phi) is 4.35. The van der Waals surface area contributed by atoms with Crippen molar-refractivity contribution in [1.29, 1.82) is 0 Å². The molecule has 0 aliphatic heterocycles. The molecule has 0 aliphatic rings. The minimum Gasteiger partial charge on any atom is -0.320 e. The molecule has 0 saturated heterocycles. The number of anilines is 1. The van der Waals surface area contributed by atoms with E-state index in [1.807, 2.05) is 19.2 Å². The molecule has 1 aromatic carbocycles. The number of aromatic nitrogens is 2. The van der Waals surface area contributed by atoms with Crippen molar-refractivity contribution in [2.24, 2.45) is 7.05 Å². The van der Waals surface area contributed by atoms with Crippen LogP contribution in [0.1, 0.15) is 30.9 Å². The number of hydrogen-bond acceptors (Lipinski definition) is 2. The number of nitrogens with zero attached hydrogens (tertiary/aromatic N) is 2. The molecule has 1 aromatic heterocycles. The Labute approximate surface area is 119 Å². The number of nitrogens with one attached hydrogen (secondary N) is 1. The molecule has 0 aliphatic carbocycles. The van der Waals surface area contributed by atoms with Gasteiger partial charge in [-0.3, -0.25) is 10.1 Å². The van der Waals surface area contributed by atoms with Crippen molar-refractivity contribution in [2.45, 2.75) is 19.8 Å². The Hall–Kier alpha value is -2.36. The third-order valence-corrected chi connectivity index (χ3v) is 3.09. The van der Waals surface area contributed by atoms with E-state index in [9.17, 15) is 4.79 Å². The summed E-state index contributed by atoms with van der Waals surface area (Å²) in [4.78, 5) is 15.8. The van der Waals surface area contributed by atoms with E-state index in [2.05, 4.69) is 36.3 Å². The highest BCUT2D eigenvalue weighted by atomic mass is 16.1. The number of hydrogen-bond donors (Lipinski definition) is 1. The van der Waals surface area contributed by atoms with Gasteiger partial charge >= 0.3 is 0 Å². The molecule has 1 N–H and O–H groups in total. The quantitative estimate of drug-likeness (QED) is 0.866. The van der Waals surface area contributed by atoms with E-state index >= 15 is 0 Å². The van der Waals surface area contributed by atoms with Crippen LogP contribution in [0.25, 0.3) is 6.08 Å². The van der Waals surface area contributed by atoms with Crippen LogP contribution in [-0.2, 0) is 11.8 Å². The number of rotatable bonds is 4. The molecule has 0 unspecified atom stereocenters. The zero-order chi connectivity index (χ0) is 14.5. The van der Waals surface area contributed by atoms with Gasteiger partial charge in [0, 0.05) is 25.5 Å². The van der Waals surface area contributed by atoms with Gasteiger partial charge in [0.05, 0.1) is 0 Å². The van der Waals surface area contributed by atoms with Crippen LogP contribution >= 0.6 is 0 Å². The van der Waals surface area contributed by atoms with E-state index in [0.717, 1.165) is 5.56 Å². The molecule has 20 heavy (non-hydrogen) atoms. The third-order valence-electron chi connectivity index (χ3n) is 3.09. The van der Waals surface area contributed by atoms with Gasteiger partial charge in [0.2, 0.25) is 5.95 Å². The van der Waals surface area contributed by atoms with Crippen LogP contribution in [0.3, 0.4) is 0 Å². The zero-order valence-corrected chi connectivity index (χ0v) is 12.0. The van der Waals surface area contributed by atoms with E-state index in [1.54, 1.807) is 23.0 Å². The molecule has 4 heteroatoms. The predicted octanol–water partition coefficient (Wildman–Crippen LogP) is 3.20. The Balaban J connectivity index is 1.98. The molecule has 0 atom stereocenters. The molecule has 0 fully saturated rings. The van der Waals surface area contributed by atoms with Crippen LogP contribution in [0.2, 0.25) is 0 Å². The average Bonchev–Trinajstić information content (AvgIpc) is 2.82. The number of imidazole rings is 1. The molecule has 1 amide bonds. The van der Waals surface area contributed by atoms with Crippen molar-refractivity contribution < 1.29 is 4.79 Å². The zero-order valence-electron chi connectivity index (χ0n) is 12.0. The first-order chi connectivity index (χ1) is 9.56. The Morgan fingerprint density at radius 2 is 2.00 bits per heavy atom. The number of aryl methyl sites for hydroxylation is 1. The van der Waals surface area contributed by atoms with Gasteiger partial charge in [0.15, 0.2) is 0 Å². The normalized spacial score (nSPS) is 11.2. The molecule has 4 nitrogen and oxygen atoms in total. The van der Waals surface area contributed by atoms with E-state index in [-0.39, 0.29) is 5.91 Å². The van der Waals surface area contributed by atoms with E-state index in [4.69, 9.17) is 0 Å². The third kappa shape index (κ3) is 3.57. The molecule has 0 saturated carbocycles. The Morgan fingerprint density at radius 1 is 1.30 bits per heavy atom. The topological polar surface area (TPSA) is 46.9 Å². The molecule has 0 radical (unpaired) electrons. The second-order valence-corrected chi connectivity index (χ2v) is 5.01. The number of benzene rings is 1. The Morgan fingerprint density at radius 3 is 2.55 bits per heavy atom. The molecule has 2 rings (SSSR count). The standard InChI is InChI=1S/C16H19N3O/c1-12(2)14-7-4-13(5-8-14)6-9-15(20)18-16-17-10-11-19(16)3/h4-12H,1-3H3,(H,17,18,20)/b9-6+. The first-order valence-electron chi connectivity index (χ1n) is 6.62. The van der Waals surface area contributed by atoms with Crippen LogP contribution in [0.15, 0.2) is 42.7 Å². The highest BCUT2D eigenvalue weighted by Gasteiger charge is 2.02. The molecular formula is C16H19N3O. The smallest absolute Gasteiger partial charge is 0.250 e. The first-order valence-corrected chi connectivity index (χ1v) is 6.62. The average molecular weight is 269 g/mol. The highest BCUT2D eigenvalue weighted by molar-refractivity contribution is 6.00. The summed E-state index contributed by atoms with van der Waals surface area (Å²) in [6.45, 7) is 4.32. The lowest BCUT2D eigenvalue weighted by Crippen LogP contribution is -2.11. The van der Waals surface area contributed by atoms with Gasteiger partial charge in [0.25, 0.3) is 5.91 Å². The van der Waals surface area contributed by atoms with E-state index in [0.29, 0.717) is 11.9 Å². The van der Waals surface area contributed by atoms with Crippen LogP contribution in [0.5, 0.6) is 0 Å². The second-order valence-electron chi connectivity index (χ2n) is 5.01. The monoisotopic (exact) mass is 269 g/mol. The molecule has 1 heterocycles. The molecule has 0 bridgehead atoms. The van der Waals surface area contributed by atoms with Crippen molar-refractivity contribution in [2.75, 3.05) is 5.32 Å². The van der Waals surface area contributed by atoms with Crippen LogP contribution in [0.4, 0.5) is 5.95 Å². The van der Waals surface area contributed by atoms with Gasteiger partial charge in [-0.1, -0.05) is 38.1 Å². The summed E-state index contributed by atoms with van der Waals surface area (Å²) in [6.07, 6.45) is 6.73. The highest BCUT2D eigenvalue weighted by Crippen LogP contribution is 2.15. The van der Waals surface area contributed by atoms with Crippen molar-refractivity contribution in [3.8, 4) is 0 Å². The van der Waals surface area contributed by atoms with Crippen molar-refractivity contribution >= 4 is 17.9 Å². The number of amides is 1.